The number of carboxylic acids is 1. The highest BCUT2D eigenvalue weighted by atomic mass is 35.5. The number of halogens is 1. The summed E-state index contributed by atoms with van der Waals surface area (Å²) in [4.78, 5) is 29.6. The molecule has 0 radical (unpaired) electrons. The maximum Gasteiger partial charge on any atom is 0.303 e. The van der Waals surface area contributed by atoms with Gasteiger partial charge in [0.1, 0.15) is 10.7 Å². The summed E-state index contributed by atoms with van der Waals surface area (Å²) in [6.45, 7) is 6.24. The third kappa shape index (κ3) is 3.92. The van der Waals surface area contributed by atoms with E-state index in [1.807, 2.05) is 44.4 Å². The molecule has 0 unspecified atom stereocenters. The van der Waals surface area contributed by atoms with Crippen LogP contribution in [0, 0.1) is 6.92 Å². The lowest BCUT2D eigenvalue weighted by atomic mass is 10.0. The van der Waals surface area contributed by atoms with Gasteiger partial charge < -0.3 is 5.11 Å². The largest absolute Gasteiger partial charge is 0.481 e. The van der Waals surface area contributed by atoms with Crippen molar-refractivity contribution in [3.05, 3.63) is 50.3 Å². The molecule has 27 heavy (non-hydrogen) atoms. The van der Waals surface area contributed by atoms with Crippen molar-refractivity contribution >= 4 is 39.1 Å². The molecule has 1 N–H and O–H groups in total. The van der Waals surface area contributed by atoms with E-state index in [9.17, 15) is 9.59 Å². The van der Waals surface area contributed by atoms with Crippen LogP contribution in [0.2, 0.25) is 5.02 Å². The van der Waals surface area contributed by atoms with Gasteiger partial charge in [0.2, 0.25) is 0 Å². The van der Waals surface area contributed by atoms with Gasteiger partial charge in [0.05, 0.1) is 5.39 Å². The Kier molecular flexibility index (Phi) is 5.67. The maximum absolute atomic E-state index is 13.3. The van der Waals surface area contributed by atoms with Gasteiger partial charge in [-0.2, -0.15) is 0 Å². The molecule has 0 aliphatic carbocycles. The van der Waals surface area contributed by atoms with Crippen molar-refractivity contribution in [1.29, 1.82) is 0 Å². The normalized spacial score (nSPS) is 11.4. The predicted molar refractivity (Wildman–Crippen MR) is 110 cm³/mol. The van der Waals surface area contributed by atoms with Crippen molar-refractivity contribution in [1.82, 2.24) is 9.55 Å². The van der Waals surface area contributed by atoms with Crippen LogP contribution in [-0.4, -0.2) is 20.6 Å². The number of aliphatic carboxylic acids is 1. The SMILES string of the molecule is Cc1cc(-c2csc3nc(C(C)C)n(CCCC(=O)O)c(=O)c23)ccc1Cl. The van der Waals surface area contributed by atoms with Crippen molar-refractivity contribution in [3.8, 4) is 11.1 Å². The topological polar surface area (TPSA) is 72.2 Å². The molecule has 3 aromatic rings. The predicted octanol–water partition coefficient (Wildman–Crippen LogP) is 5.08. The average Bonchev–Trinajstić information content (AvgIpc) is 3.03. The van der Waals surface area contributed by atoms with Crippen molar-refractivity contribution in [2.24, 2.45) is 0 Å². The van der Waals surface area contributed by atoms with E-state index in [0.29, 0.717) is 34.0 Å². The molecule has 0 saturated heterocycles. The summed E-state index contributed by atoms with van der Waals surface area (Å²) >= 11 is 7.58. The van der Waals surface area contributed by atoms with Crippen LogP contribution in [0.25, 0.3) is 21.3 Å². The minimum absolute atomic E-state index is 0.0227. The number of hydrogen-bond acceptors (Lipinski definition) is 4. The molecule has 1 aromatic carbocycles. The van der Waals surface area contributed by atoms with E-state index in [4.69, 9.17) is 21.7 Å². The molecule has 0 aliphatic heterocycles. The molecule has 0 atom stereocenters. The summed E-state index contributed by atoms with van der Waals surface area (Å²) in [6.07, 6.45) is 0.413. The first-order valence-electron chi connectivity index (χ1n) is 8.79. The van der Waals surface area contributed by atoms with Gasteiger partial charge in [-0.05, 0) is 36.6 Å². The zero-order valence-electron chi connectivity index (χ0n) is 15.5. The van der Waals surface area contributed by atoms with Gasteiger partial charge in [0.15, 0.2) is 0 Å². The summed E-state index contributed by atoms with van der Waals surface area (Å²) < 4.78 is 1.63. The molecule has 142 valence electrons. The Labute approximate surface area is 166 Å². The first-order valence-corrected chi connectivity index (χ1v) is 10.1. The van der Waals surface area contributed by atoms with Crippen molar-refractivity contribution in [2.75, 3.05) is 0 Å². The van der Waals surface area contributed by atoms with E-state index in [0.717, 1.165) is 16.7 Å². The fraction of sp³-hybridized carbons (Fsp3) is 0.350. The fourth-order valence-electron chi connectivity index (χ4n) is 3.11. The highest BCUT2D eigenvalue weighted by Crippen LogP contribution is 2.33. The number of carboxylic acid groups (broad SMARTS) is 1. The van der Waals surface area contributed by atoms with Gasteiger partial charge in [0.25, 0.3) is 5.56 Å². The summed E-state index contributed by atoms with van der Waals surface area (Å²) in [5, 5.41) is 12.1. The molecule has 0 aliphatic rings. The number of rotatable bonds is 6. The lowest BCUT2D eigenvalue weighted by molar-refractivity contribution is -0.137. The van der Waals surface area contributed by atoms with Crippen LogP contribution in [0.3, 0.4) is 0 Å². The lowest BCUT2D eigenvalue weighted by Crippen LogP contribution is -2.26. The monoisotopic (exact) mass is 404 g/mol. The molecular weight excluding hydrogens is 384 g/mol. The summed E-state index contributed by atoms with van der Waals surface area (Å²) in [5.74, 6) is -0.107. The number of aromatic nitrogens is 2. The average molecular weight is 405 g/mol. The highest BCUT2D eigenvalue weighted by molar-refractivity contribution is 7.17. The van der Waals surface area contributed by atoms with E-state index in [1.54, 1.807) is 4.57 Å². The second-order valence-corrected chi connectivity index (χ2v) is 8.14. The molecule has 0 amide bonds. The highest BCUT2D eigenvalue weighted by Gasteiger charge is 2.19. The van der Waals surface area contributed by atoms with Crippen molar-refractivity contribution in [2.45, 2.75) is 46.1 Å². The quantitative estimate of drug-likeness (QED) is 0.622. The Balaban J connectivity index is 2.17. The van der Waals surface area contributed by atoms with Gasteiger partial charge in [0, 0.05) is 34.8 Å². The van der Waals surface area contributed by atoms with E-state index in [1.165, 1.54) is 11.3 Å². The molecule has 5 nitrogen and oxygen atoms in total. The fourth-order valence-corrected chi connectivity index (χ4v) is 4.17. The Bertz CT molecular complexity index is 1070. The summed E-state index contributed by atoms with van der Waals surface area (Å²) in [6, 6.07) is 5.70. The van der Waals surface area contributed by atoms with Gasteiger partial charge in [-0.25, -0.2) is 4.98 Å². The van der Waals surface area contributed by atoms with Crippen molar-refractivity contribution in [3.63, 3.8) is 0 Å². The number of carbonyl (C=O) groups is 1. The minimum Gasteiger partial charge on any atom is -0.481 e. The molecule has 0 bridgehead atoms. The summed E-state index contributed by atoms with van der Waals surface area (Å²) in [5.41, 5.74) is 2.60. The van der Waals surface area contributed by atoms with Gasteiger partial charge in [-0.15, -0.1) is 11.3 Å². The lowest BCUT2D eigenvalue weighted by Gasteiger charge is -2.15. The van der Waals surface area contributed by atoms with E-state index in [-0.39, 0.29) is 17.9 Å². The number of nitrogens with zero attached hydrogens (tertiary/aromatic N) is 2. The number of hydrogen-bond donors (Lipinski definition) is 1. The Morgan fingerprint density at radius 2 is 2.11 bits per heavy atom. The molecule has 2 heterocycles. The second-order valence-electron chi connectivity index (χ2n) is 6.87. The van der Waals surface area contributed by atoms with Crippen LogP contribution in [-0.2, 0) is 11.3 Å². The number of fused-ring (bicyclic) bond motifs is 1. The molecule has 0 saturated carbocycles. The first-order chi connectivity index (χ1) is 12.8. The Hall–Kier alpha value is -2.18. The third-order valence-electron chi connectivity index (χ3n) is 4.48. The molecule has 2 aromatic heterocycles. The van der Waals surface area contributed by atoms with Gasteiger partial charge in [-0.1, -0.05) is 31.5 Å². The Morgan fingerprint density at radius 3 is 2.74 bits per heavy atom. The zero-order chi connectivity index (χ0) is 19.7. The Morgan fingerprint density at radius 1 is 1.37 bits per heavy atom. The van der Waals surface area contributed by atoms with Crippen LogP contribution in [0.15, 0.2) is 28.4 Å². The van der Waals surface area contributed by atoms with Gasteiger partial charge >= 0.3 is 5.97 Å². The number of thiophene rings is 1. The van der Waals surface area contributed by atoms with E-state index in [2.05, 4.69) is 0 Å². The minimum atomic E-state index is -0.865. The third-order valence-corrected chi connectivity index (χ3v) is 5.78. The van der Waals surface area contributed by atoms with Crippen molar-refractivity contribution < 1.29 is 9.90 Å². The standard InChI is InChI=1S/C20H21ClN2O3S/c1-11(2)18-22-19-17(20(26)23(18)8-4-5-16(24)25)14(10-27-19)13-6-7-15(21)12(3)9-13/h6-7,9-11H,4-5,8H2,1-3H3,(H,24,25). The van der Waals surface area contributed by atoms with Crippen LogP contribution < -0.4 is 5.56 Å². The number of aryl methyl sites for hydroxylation is 1. The summed E-state index contributed by atoms with van der Waals surface area (Å²) in [7, 11) is 0. The maximum atomic E-state index is 13.3. The first kappa shape index (κ1) is 19.6. The zero-order valence-corrected chi connectivity index (χ0v) is 17.0. The number of benzene rings is 1. The van der Waals surface area contributed by atoms with E-state index >= 15 is 0 Å². The van der Waals surface area contributed by atoms with Crippen LogP contribution in [0.4, 0.5) is 0 Å². The molecule has 3 rings (SSSR count). The van der Waals surface area contributed by atoms with E-state index < -0.39 is 5.97 Å². The molecule has 7 heteroatoms. The smallest absolute Gasteiger partial charge is 0.303 e. The van der Waals surface area contributed by atoms with Crippen LogP contribution >= 0.6 is 22.9 Å². The molecule has 0 fully saturated rings. The second kappa shape index (κ2) is 7.82. The van der Waals surface area contributed by atoms with Crippen LogP contribution in [0.1, 0.15) is 44.0 Å². The molecular formula is C20H21ClN2O3S. The van der Waals surface area contributed by atoms with Gasteiger partial charge in [-0.3, -0.25) is 14.2 Å². The van der Waals surface area contributed by atoms with Crippen LogP contribution in [0.5, 0.6) is 0 Å². The molecule has 0 spiro atoms.